The van der Waals surface area contributed by atoms with Gasteiger partial charge in [0.1, 0.15) is 0 Å². The summed E-state index contributed by atoms with van der Waals surface area (Å²) in [5.41, 5.74) is 7.32. The summed E-state index contributed by atoms with van der Waals surface area (Å²) in [6.07, 6.45) is 8.75. The van der Waals surface area contributed by atoms with Crippen LogP contribution >= 0.6 is 0 Å². The molecule has 0 saturated carbocycles. The van der Waals surface area contributed by atoms with Gasteiger partial charge in [0, 0.05) is 0 Å². The van der Waals surface area contributed by atoms with Crippen LogP contribution in [0.2, 0.25) is 0 Å². The summed E-state index contributed by atoms with van der Waals surface area (Å²) in [4.78, 5) is 0. The van der Waals surface area contributed by atoms with Crippen LogP contribution in [0.3, 0.4) is 0 Å². The Bertz CT molecular complexity index is 894. The molecular weight excluding hydrogens is 288 g/mol. The third kappa shape index (κ3) is 2.78. The van der Waals surface area contributed by atoms with Gasteiger partial charge in [0.05, 0.1) is 0 Å². The molecule has 0 heteroatoms. The topological polar surface area (TPSA) is 0 Å². The van der Waals surface area contributed by atoms with Crippen molar-refractivity contribution >= 4 is 16.8 Å². The summed E-state index contributed by atoms with van der Waals surface area (Å²) in [5, 5.41) is 2.68. The fraction of sp³-hybridized carbons (Fsp3) is 0.250. The number of rotatable bonds is 5. The van der Waals surface area contributed by atoms with E-state index in [2.05, 4.69) is 73.7 Å². The fourth-order valence-corrected chi connectivity index (χ4v) is 3.91. The number of fused-ring (bicyclic) bond motifs is 2. The minimum absolute atomic E-state index is 1.12. The highest BCUT2D eigenvalue weighted by atomic mass is 14.2. The van der Waals surface area contributed by atoms with Crippen LogP contribution in [-0.2, 0) is 6.42 Å². The van der Waals surface area contributed by atoms with Gasteiger partial charge in [-0.3, -0.25) is 0 Å². The second-order valence-electron chi connectivity index (χ2n) is 6.84. The Hall–Kier alpha value is -2.34. The highest BCUT2D eigenvalue weighted by Gasteiger charge is 2.17. The van der Waals surface area contributed by atoms with Crippen molar-refractivity contribution in [2.75, 3.05) is 0 Å². The number of allylic oxidation sites excluding steroid dienone is 1. The van der Waals surface area contributed by atoms with E-state index in [1.807, 2.05) is 0 Å². The number of hydrogen-bond acceptors (Lipinski definition) is 0. The van der Waals surface area contributed by atoms with Crippen LogP contribution in [0.4, 0.5) is 0 Å². The first-order valence-corrected chi connectivity index (χ1v) is 9.16. The molecule has 3 aromatic carbocycles. The zero-order valence-electron chi connectivity index (χ0n) is 14.4. The van der Waals surface area contributed by atoms with Crippen molar-refractivity contribution in [2.24, 2.45) is 0 Å². The van der Waals surface area contributed by atoms with Crippen LogP contribution in [-0.4, -0.2) is 0 Å². The van der Waals surface area contributed by atoms with E-state index in [1.54, 1.807) is 5.57 Å². The predicted octanol–water partition coefficient (Wildman–Crippen LogP) is 7.03. The van der Waals surface area contributed by atoms with Crippen molar-refractivity contribution < 1.29 is 0 Å². The van der Waals surface area contributed by atoms with Gasteiger partial charge >= 0.3 is 0 Å². The SMILES string of the molecule is CCCCCC1=Cc2cccc(-c3cccc4ccccc34)c2C1. The van der Waals surface area contributed by atoms with Gasteiger partial charge in [-0.25, -0.2) is 0 Å². The molecule has 0 aliphatic heterocycles. The Kier molecular flexibility index (Phi) is 4.21. The monoisotopic (exact) mass is 312 g/mol. The van der Waals surface area contributed by atoms with E-state index in [4.69, 9.17) is 0 Å². The van der Waals surface area contributed by atoms with Crippen molar-refractivity contribution in [3.8, 4) is 11.1 Å². The molecule has 4 rings (SSSR count). The number of hydrogen-bond donors (Lipinski definition) is 0. The largest absolute Gasteiger partial charge is 0.0654 e. The van der Waals surface area contributed by atoms with Crippen LogP contribution in [0.1, 0.15) is 43.7 Å². The average molecular weight is 312 g/mol. The van der Waals surface area contributed by atoms with E-state index in [1.165, 1.54) is 58.7 Å². The molecule has 0 nitrogen and oxygen atoms in total. The third-order valence-corrected chi connectivity index (χ3v) is 5.16. The lowest BCUT2D eigenvalue weighted by molar-refractivity contribution is 0.709. The molecule has 0 spiro atoms. The first kappa shape index (κ1) is 15.2. The maximum atomic E-state index is 2.43. The van der Waals surface area contributed by atoms with Gasteiger partial charge < -0.3 is 0 Å². The fourth-order valence-electron chi connectivity index (χ4n) is 3.91. The van der Waals surface area contributed by atoms with E-state index in [9.17, 15) is 0 Å². The van der Waals surface area contributed by atoms with Crippen LogP contribution in [0, 0.1) is 0 Å². The molecule has 0 saturated heterocycles. The van der Waals surface area contributed by atoms with Crippen molar-refractivity contribution in [3.63, 3.8) is 0 Å². The second-order valence-corrected chi connectivity index (χ2v) is 6.84. The van der Waals surface area contributed by atoms with E-state index < -0.39 is 0 Å². The smallest absolute Gasteiger partial charge is 0.00517 e. The van der Waals surface area contributed by atoms with E-state index in [0.29, 0.717) is 0 Å². The maximum Gasteiger partial charge on any atom is -0.00517 e. The molecule has 24 heavy (non-hydrogen) atoms. The molecule has 0 radical (unpaired) electrons. The van der Waals surface area contributed by atoms with Gasteiger partial charge in [-0.15, -0.1) is 0 Å². The van der Waals surface area contributed by atoms with Crippen molar-refractivity contribution in [3.05, 3.63) is 77.4 Å². The normalized spacial score (nSPS) is 13.1. The lowest BCUT2D eigenvalue weighted by Crippen LogP contribution is -1.92. The Morgan fingerprint density at radius 2 is 1.58 bits per heavy atom. The first-order chi connectivity index (χ1) is 11.9. The molecule has 0 heterocycles. The van der Waals surface area contributed by atoms with Crippen LogP contribution < -0.4 is 0 Å². The summed E-state index contributed by atoms with van der Waals surface area (Å²) in [7, 11) is 0. The van der Waals surface area contributed by atoms with E-state index in [-0.39, 0.29) is 0 Å². The Morgan fingerprint density at radius 1 is 0.792 bits per heavy atom. The van der Waals surface area contributed by atoms with Crippen molar-refractivity contribution in [1.82, 2.24) is 0 Å². The highest BCUT2D eigenvalue weighted by molar-refractivity contribution is 5.98. The summed E-state index contributed by atoms with van der Waals surface area (Å²) in [5.74, 6) is 0. The second kappa shape index (κ2) is 6.65. The highest BCUT2D eigenvalue weighted by Crippen LogP contribution is 2.38. The van der Waals surface area contributed by atoms with Gasteiger partial charge in [0.2, 0.25) is 0 Å². The quantitative estimate of drug-likeness (QED) is 0.444. The molecule has 1 aliphatic rings. The molecule has 0 bridgehead atoms. The molecule has 0 unspecified atom stereocenters. The minimum atomic E-state index is 1.12. The molecule has 0 fully saturated rings. The van der Waals surface area contributed by atoms with Crippen molar-refractivity contribution in [2.45, 2.75) is 39.0 Å². The minimum Gasteiger partial charge on any atom is -0.0654 e. The third-order valence-electron chi connectivity index (χ3n) is 5.16. The zero-order chi connectivity index (χ0) is 16.4. The van der Waals surface area contributed by atoms with Crippen LogP contribution in [0.25, 0.3) is 28.0 Å². The average Bonchev–Trinajstić information content (AvgIpc) is 3.04. The van der Waals surface area contributed by atoms with Gasteiger partial charge in [-0.05, 0) is 52.3 Å². The van der Waals surface area contributed by atoms with Crippen molar-refractivity contribution in [1.29, 1.82) is 0 Å². The lowest BCUT2D eigenvalue weighted by atomic mass is 9.92. The van der Waals surface area contributed by atoms with Crippen LogP contribution in [0.5, 0.6) is 0 Å². The number of benzene rings is 3. The molecule has 0 aromatic heterocycles. The Labute approximate surface area is 144 Å². The standard InChI is InChI=1S/C24H24/c1-2-3-4-9-18-16-20-12-8-15-23(24(20)17-18)22-14-7-11-19-10-5-6-13-21(19)22/h5-8,10-16H,2-4,9,17H2,1H3. The Balaban J connectivity index is 1.72. The van der Waals surface area contributed by atoms with Gasteiger partial charge in [0.15, 0.2) is 0 Å². The van der Waals surface area contributed by atoms with Gasteiger partial charge in [0.25, 0.3) is 0 Å². The zero-order valence-corrected chi connectivity index (χ0v) is 14.4. The summed E-state index contributed by atoms with van der Waals surface area (Å²) in [6.45, 7) is 2.27. The van der Waals surface area contributed by atoms with E-state index >= 15 is 0 Å². The first-order valence-electron chi connectivity index (χ1n) is 9.16. The molecular formula is C24H24. The van der Waals surface area contributed by atoms with Crippen LogP contribution in [0.15, 0.2) is 66.2 Å². The predicted molar refractivity (Wildman–Crippen MR) is 105 cm³/mol. The summed E-state index contributed by atoms with van der Waals surface area (Å²) < 4.78 is 0. The molecule has 0 amide bonds. The molecule has 3 aromatic rings. The number of unbranched alkanes of at least 4 members (excludes halogenated alkanes) is 2. The van der Waals surface area contributed by atoms with Gasteiger partial charge in [-0.1, -0.05) is 92.1 Å². The molecule has 0 atom stereocenters. The Morgan fingerprint density at radius 3 is 2.50 bits per heavy atom. The molecule has 0 N–H and O–H groups in total. The summed E-state index contributed by atoms with van der Waals surface area (Å²) >= 11 is 0. The molecule has 120 valence electrons. The maximum absolute atomic E-state index is 2.43. The molecule has 1 aliphatic carbocycles. The van der Waals surface area contributed by atoms with Gasteiger partial charge in [-0.2, -0.15) is 0 Å². The summed E-state index contributed by atoms with van der Waals surface area (Å²) in [6, 6.07) is 22.1. The lowest BCUT2D eigenvalue weighted by Gasteiger charge is -2.12. The van der Waals surface area contributed by atoms with E-state index in [0.717, 1.165) is 6.42 Å².